The van der Waals surface area contributed by atoms with Gasteiger partial charge in [-0.15, -0.1) is 0 Å². The molecule has 0 radical (unpaired) electrons. The van der Waals surface area contributed by atoms with Gasteiger partial charge in [-0.2, -0.15) is 0 Å². The Morgan fingerprint density at radius 3 is 2.91 bits per heavy atom. The molecule has 3 heterocycles. The minimum Gasteiger partial charge on any atom is -0.359 e. The van der Waals surface area contributed by atoms with Crippen molar-refractivity contribution >= 4 is 27.5 Å². The predicted molar refractivity (Wildman–Crippen MR) is 121 cm³/mol. The number of amidine groups is 1. The second-order valence-electron chi connectivity index (χ2n) is 8.32. The quantitative estimate of drug-likeness (QED) is 0.686. The fourth-order valence-corrected chi connectivity index (χ4v) is 5.31. The lowest BCUT2D eigenvalue weighted by Gasteiger charge is -2.21. The van der Waals surface area contributed by atoms with Crippen LogP contribution in [0.2, 0.25) is 0 Å². The van der Waals surface area contributed by atoms with Gasteiger partial charge in [0.2, 0.25) is 5.91 Å². The van der Waals surface area contributed by atoms with Gasteiger partial charge in [0.1, 0.15) is 5.84 Å². The largest absolute Gasteiger partial charge is 0.359 e. The first-order chi connectivity index (χ1) is 15.4. The normalized spacial score (nSPS) is 19.9. The van der Waals surface area contributed by atoms with Crippen LogP contribution in [0, 0.1) is 6.92 Å². The Bertz CT molecular complexity index is 1100. The van der Waals surface area contributed by atoms with Crippen molar-refractivity contribution < 1.29 is 17.7 Å². The summed E-state index contributed by atoms with van der Waals surface area (Å²) in [5.41, 5.74) is 1.25. The average molecular weight is 460 g/mol. The Balaban J connectivity index is 1.40. The lowest BCUT2D eigenvalue weighted by Crippen LogP contribution is -2.33. The molecule has 2 aliphatic heterocycles. The number of carbonyl (C=O) groups excluding carboxylic acids is 1. The maximum Gasteiger partial charge on any atom is 0.262 e. The summed E-state index contributed by atoms with van der Waals surface area (Å²) < 4.78 is 33.6. The molecular weight excluding hydrogens is 430 g/mol. The molecule has 9 nitrogen and oxygen atoms in total. The van der Waals surface area contributed by atoms with Crippen molar-refractivity contribution in [1.29, 1.82) is 0 Å². The molecule has 2 aliphatic rings. The van der Waals surface area contributed by atoms with Gasteiger partial charge in [0.05, 0.1) is 23.2 Å². The van der Waals surface area contributed by atoms with Crippen molar-refractivity contribution in [2.45, 2.75) is 56.4 Å². The van der Waals surface area contributed by atoms with Gasteiger partial charge in [-0.25, -0.2) is 8.42 Å². The molecule has 2 aromatic rings. The molecule has 4 rings (SSSR count). The average Bonchev–Trinajstić information content (AvgIpc) is 3.30. The van der Waals surface area contributed by atoms with Gasteiger partial charge in [0.15, 0.2) is 5.76 Å². The lowest BCUT2D eigenvalue weighted by atomic mass is 10.1. The van der Waals surface area contributed by atoms with E-state index in [0.29, 0.717) is 24.5 Å². The highest BCUT2D eigenvalue weighted by Gasteiger charge is 2.30. The first kappa shape index (κ1) is 22.5. The molecule has 1 amide bonds. The number of nitrogens with zero attached hydrogens (tertiary/aromatic N) is 3. The fraction of sp³-hybridized carbons (Fsp3) is 0.500. The first-order valence-electron chi connectivity index (χ1n) is 11.0. The van der Waals surface area contributed by atoms with Gasteiger partial charge in [-0.05, 0) is 57.4 Å². The zero-order valence-electron chi connectivity index (χ0n) is 18.2. The smallest absolute Gasteiger partial charge is 0.262 e. The number of carbonyl (C=O) groups is 1. The molecule has 1 atom stereocenters. The van der Waals surface area contributed by atoms with Gasteiger partial charge in [-0.1, -0.05) is 17.6 Å². The van der Waals surface area contributed by atoms with E-state index < -0.39 is 10.0 Å². The summed E-state index contributed by atoms with van der Waals surface area (Å²) in [6, 6.07) is 8.21. The van der Waals surface area contributed by atoms with Crippen LogP contribution in [0.4, 0.5) is 5.69 Å². The Morgan fingerprint density at radius 2 is 2.09 bits per heavy atom. The highest BCUT2D eigenvalue weighted by atomic mass is 32.2. The summed E-state index contributed by atoms with van der Waals surface area (Å²) in [4.78, 5) is 19.2. The molecule has 1 aromatic heterocycles. The van der Waals surface area contributed by atoms with Gasteiger partial charge in [-0.3, -0.25) is 19.4 Å². The number of benzene rings is 1. The highest BCUT2D eigenvalue weighted by Crippen LogP contribution is 2.32. The van der Waals surface area contributed by atoms with Crippen molar-refractivity contribution in [1.82, 2.24) is 14.8 Å². The number of aryl methyl sites for hydroxylation is 1. The summed E-state index contributed by atoms with van der Waals surface area (Å²) in [6.45, 7) is 3.49. The van der Waals surface area contributed by atoms with Crippen LogP contribution in [0.1, 0.15) is 56.0 Å². The van der Waals surface area contributed by atoms with Crippen LogP contribution in [0.25, 0.3) is 0 Å². The van der Waals surface area contributed by atoms with E-state index in [9.17, 15) is 13.2 Å². The second kappa shape index (κ2) is 9.83. The number of likely N-dealkylation sites (tertiary alicyclic amines) is 1. The SMILES string of the molecule is Cc1cc(C2CCCN2CC(=O)Nc2cccc(S(=O)(=O)NC3=NCCCCC3)c2)on1. The van der Waals surface area contributed by atoms with Crippen LogP contribution < -0.4 is 10.0 Å². The maximum absolute atomic E-state index is 12.8. The van der Waals surface area contributed by atoms with E-state index in [0.717, 1.165) is 50.1 Å². The van der Waals surface area contributed by atoms with E-state index >= 15 is 0 Å². The zero-order chi connectivity index (χ0) is 22.6. The number of rotatable bonds is 6. The fourth-order valence-electron chi connectivity index (χ4n) is 4.18. The van der Waals surface area contributed by atoms with E-state index in [4.69, 9.17) is 4.52 Å². The first-order valence-corrected chi connectivity index (χ1v) is 12.5. The molecule has 0 bridgehead atoms. The number of sulfonamides is 1. The minimum absolute atomic E-state index is 0.0261. The lowest BCUT2D eigenvalue weighted by molar-refractivity contribution is -0.117. The molecule has 1 saturated heterocycles. The van der Waals surface area contributed by atoms with E-state index in [1.807, 2.05) is 13.0 Å². The van der Waals surface area contributed by atoms with Crippen molar-refractivity contribution in [2.24, 2.45) is 4.99 Å². The number of amides is 1. The maximum atomic E-state index is 12.8. The topological polar surface area (TPSA) is 117 Å². The van der Waals surface area contributed by atoms with Crippen LogP contribution in [-0.2, 0) is 14.8 Å². The third-order valence-corrected chi connectivity index (χ3v) is 7.12. The molecule has 1 fully saturated rings. The number of hydrogen-bond acceptors (Lipinski definition) is 7. The Hall–Kier alpha value is -2.72. The van der Waals surface area contributed by atoms with Crippen molar-refractivity contribution in [3.8, 4) is 0 Å². The summed E-state index contributed by atoms with van der Waals surface area (Å²) in [5.74, 6) is 1.07. The van der Waals surface area contributed by atoms with Gasteiger partial charge >= 0.3 is 0 Å². The molecule has 10 heteroatoms. The van der Waals surface area contributed by atoms with Crippen LogP contribution in [-0.4, -0.2) is 49.9 Å². The standard InChI is InChI=1S/C22H29N5O4S/c1-16-13-20(31-25-16)19-9-6-12-27(19)15-22(28)24-17-7-5-8-18(14-17)32(29,30)26-21-10-3-2-4-11-23-21/h5,7-8,13-14,19H,2-4,6,9-12,15H2,1H3,(H,23,26)(H,24,28). The molecule has 2 N–H and O–H groups in total. The monoisotopic (exact) mass is 459 g/mol. The summed E-state index contributed by atoms with van der Waals surface area (Å²) in [6.07, 6.45) is 5.44. The van der Waals surface area contributed by atoms with Crippen molar-refractivity contribution in [2.75, 3.05) is 25.0 Å². The Kier molecular flexibility index (Phi) is 6.90. The van der Waals surface area contributed by atoms with Crippen LogP contribution in [0.3, 0.4) is 0 Å². The third kappa shape index (κ3) is 5.55. The molecule has 0 spiro atoms. The van der Waals surface area contributed by atoms with E-state index in [2.05, 4.69) is 25.1 Å². The van der Waals surface area contributed by atoms with Gasteiger partial charge in [0, 0.05) is 24.7 Å². The predicted octanol–water partition coefficient (Wildman–Crippen LogP) is 3.01. The molecule has 1 unspecified atom stereocenters. The van der Waals surface area contributed by atoms with Crippen molar-refractivity contribution in [3.63, 3.8) is 0 Å². The van der Waals surface area contributed by atoms with E-state index in [-0.39, 0.29) is 23.4 Å². The summed E-state index contributed by atoms with van der Waals surface area (Å²) in [7, 11) is -3.76. The van der Waals surface area contributed by atoms with E-state index in [1.165, 1.54) is 12.1 Å². The molecule has 32 heavy (non-hydrogen) atoms. The Labute approximate surface area is 188 Å². The molecular formula is C22H29N5O4S. The number of nitrogens with one attached hydrogen (secondary N) is 2. The summed E-state index contributed by atoms with van der Waals surface area (Å²) in [5, 5.41) is 6.77. The Morgan fingerprint density at radius 1 is 1.22 bits per heavy atom. The minimum atomic E-state index is -3.76. The molecule has 1 aromatic carbocycles. The third-order valence-electron chi connectivity index (χ3n) is 5.74. The number of anilines is 1. The number of aromatic nitrogens is 1. The number of aliphatic imine (C=N–C) groups is 1. The summed E-state index contributed by atoms with van der Waals surface area (Å²) >= 11 is 0. The van der Waals surface area contributed by atoms with Gasteiger partial charge in [0.25, 0.3) is 10.0 Å². The zero-order valence-corrected chi connectivity index (χ0v) is 19.0. The van der Waals surface area contributed by atoms with Crippen molar-refractivity contribution in [3.05, 3.63) is 41.8 Å². The van der Waals surface area contributed by atoms with Crippen LogP contribution in [0.15, 0.2) is 44.7 Å². The van der Waals surface area contributed by atoms with Crippen LogP contribution in [0.5, 0.6) is 0 Å². The second-order valence-corrected chi connectivity index (χ2v) is 10.0. The molecule has 172 valence electrons. The number of hydrogen-bond donors (Lipinski definition) is 2. The molecule has 0 saturated carbocycles. The van der Waals surface area contributed by atoms with Gasteiger partial charge < -0.3 is 9.84 Å². The highest BCUT2D eigenvalue weighted by molar-refractivity contribution is 7.90. The van der Waals surface area contributed by atoms with Crippen LogP contribution >= 0.6 is 0 Å². The molecule has 0 aliphatic carbocycles. The van der Waals surface area contributed by atoms with E-state index in [1.54, 1.807) is 12.1 Å².